The molecule has 3 heterocycles. The van der Waals surface area contributed by atoms with E-state index in [0.29, 0.717) is 13.1 Å². The summed E-state index contributed by atoms with van der Waals surface area (Å²) in [5, 5.41) is 15.1. The maximum absolute atomic E-state index is 13.3. The molecule has 0 atom stereocenters. The minimum absolute atomic E-state index is 0.0290. The van der Waals surface area contributed by atoms with Gasteiger partial charge in [-0.15, -0.1) is 0 Å². The number of rotatable bonds is 6. The third-order valence-corrected chi connectivity index (χ3v) is 10.0. The Labute approximate surface area is 230 Å². The zero-order chi connectivity index (χ0) is 27.4. The van der Waals surface area contributed by atoms with Gasteiger partial charge in [-0.3, -0.25) is 0 Å². The van der Waals surface area contributed by atoms with Gasteiger partial charge < -0.3 is 9.08 Å². The molecule has 202 valence electrons. The lowest BCUT2D eigenvalue weighted by atomic mass is 10.2. The first kappa shape index (κ1) is 25.8. The first-order valence-electron chi connectivity index (χ1n) is 11.3. The minimum Gasteiger partial charge on any atom is -0.379 e. The zero-order valence-electron chi connectivity index (χ0n) is 19.6. The molecule has 0 saturated carbocycles. The van der Waals surface area contributed by atoms with Gasteiger partial charge in [0.2, 0.25) is 10.0 Å². The van der Waals surface area contributed by atoms with Gasteiger partial charge in [-0.1, -0.05) is 23.2 Å². The number of hydrogen-bond donors (Lipinski definition) is 0. The van der Waals surface area contributed by atoms with Gasteiger partial charge in [0.1, 0.15) is 15.5 Å². The maximum atomic E-state index is 13.3. The monoisotopic (exact) mass is 610 g/mol. The van der Waals surface area contributed by atoms with E-state index in [2.05, 4.69) is 29.9 Å². The topological polar surface area (TPSA) is 162 Å². The van der Waals surface area contributed by atoms with Gasteiger partial charge in [-0.2, -0.15) is 12.7 Å². The van der Waals surface area contributed by atoms with Crippen LogP contribution in [0.5, 0.6) is 5.75 Å². The summed E-state index contributed by atoms with van der Waals surface area (Å²) in [6.07, 6.45) is 0. The number of aromatic nitrogens is 4. The van der Waals surface area contributed by atoms with Crippen LogP contribution in [0.4, 0.5) is 5.69 Å². The Hall–Kier alpha value is -3.50. The molecule has 0 aliphatic carbocycles. The standard InChI is InChI=1S/C22H16Cl2N6O7S2/c23-15-5-7-17(21-19(15)25-36-27-21)38(31,32)30-11-9-29(10-12-30)13-1-3-14(4-2-13)35-39(33,34)18-8-6-16(24)20-22(18)28-37-26-20/h1-8H,9-12H2. The van der Waals surface area contributed by atoms with Crippen molar-refractivity contribution in [2.24, 2.45) is 0 Å². The molecular weight excluding hydrogens is 595 g/mol. The lowest BCUT2D eigenvalue weighted by molar-refractivity contribution is 0.315. The number of sulfonamides is 1. The molecular formula is C22H16Cl2N6O7S2. The third kappa shape index (κ3) is 4.55. The van der Waals surface area contributed by atoms with Crippen LogP contribution >= 0.6 is 23.2 Å². The van der Waals surface area contributed by atoms with E-state index in [9.17, 15) is 16.8 Å². The molecule has 5 aromatic rings. The average molecular weight is 611 g/mol. The normalized spacial score (nSPS) is 15.3. The highest BCUT2D eigenvalue weighted by Crippen LogP contribution is 2.31. The molecule has 0 amide bonds. The highest BCUT2D eigenvalue weighted by atomic mass is 35.5. The second-order valence-electron chi connectivity index (χ2n) is 8.44. The predicted molar refractivity (Wildman–Crippen MR) is 139 cm³/mol. The fourth-order valence-corrected chi connectivity index (χ4v) is 7.22. The van der Waals surface area contributed by atoms with E-state index in [4.69, 9.17) is 27.4 Å². The Morgan fingerprint density at radius 1 is 0.667 bits per heavy atom. The highest BCUT2D eigenvalue weighted by Gasteiger charge is 2.32. The Morgan fingerprint density at radius 3 is 1.77 bits per heavy atom. The Morgan fingerprint density at radius 2 is 1.18 bits per heavy atom. The van der Waals surface area contributed by atoms with Crippen molar-refractivity contribution in [2.75, 3.05) is 31.1 Å². The Kier molecular flexibility index (Phi) is 6.34. The number of fused-ring (bicyclic) bond motifs is 2. The van der Waals surface area contributed by atoms with Crippen LogP contribution in [0.15, 0.2) is 67.6 Å². The van der Waals surface area contributed by atoms with Crippen LogP contribution in [0.25, 0.3) is 22.1 Å². The van der Waals surface area contributed by atoms with Gasteiger partial charge in [0.25, 0.3) is 0 Å². The van der Waals surface area contributed by atoms with Crippen molar-refractivity contribution < 1.29 is 30.3 Å². The quantitative estimate of drug-likeness (QED) is 0.258. The largest absolute Gasteiger partial charge is 0.379 e. The van der Waals surface area contributed by atoms with Crippen LogP contribution in [-0.2, 0) is 20.1 Å². The first-order valence-corrected chi connectivity index (χ1v) is 14.9. The zero-order valence-corrected chi connectivity index (χ0v) is 22.7. The number of benzene rings is 3. The maximum Gasteiger partial charge on any atom is 0.341 e. The second kappa shape index (κ2) is 9.60. The Balaban J connectivity index is 1.15. The molecule has 2 aromatic heterocycles. The van der Waals surface area contributed by atoms with Gasteiger partial charge in [0, 0.05) is 31.9 Å². The van der Waals surface area contributed by atoms with Crippen molar-refractivity contribution in [1.29, 1.82) is 0 Å². The summed E-state index contributed by atoms with van der Waals surface area (Å²) in [7, 11) is -8.14. The molecule has 1 aliphatic rings. The minimum atomic E-state index is -4.26. The van der Waals surface area contributed by atoms with Crippen LogP contribution in [0, 0.1) is 0 Å². The molecule has 0 unspecified atom stereocenters. The SMILES string of the molecule is O=S(=O)(Oc1ccc(N2CCN(S(=O)(=O)c3ccc(Cl)c4nonc34)CC2)cc1)c1ccc(Cl)c2nonc12. The summed E-state index contributed by atoms with van der Waals surface area (Å²) in [5.41, 5.74) is 1.09. The van der Waals surface area contributed by atoms with Crippen molar-refractivity contribution in [1.82, 2.24) is 24.9 Å². The molecule has 1 fully saturated rings. The molecule has 13 nitrogen and oxygen atoms in total. The fraction of sp³-hybridized carbons (Fsp3) is 0.182. The van der Waals surface area contributed by atoms with Gasteiger partial charge >= 0.3 is 10.1 Å². The van der Waals surface area contributed by atoms with E-state index in [1.54, 1.807) is 12.1 Å². The smallest absolute Gasteiger partial charge is 0.341 e. The van der Waals surface area contributed by atoms with Crippen LogP contribution in [-0.4, -0.2) is 67.9 Å². The molecule has 17 heteroatoms. The summed E-state index contributed by atoms with van der Waals surface area (Å²) in [4.78, 5) is 1.71. The van der Waals surface area contributed by atoms with Crippen molar-refractivity contribution in [2.45, 2.75) is 9.79 Å². The van der Waals surface area contributed by atoms with E-state index in [0.717, 1.165) is 5.69 Å². The van der Waals surface area contributed by atoms with Gasteiger partial charge in [-0.25, -0.2) is 17.7 Å². The Bertz CT molecular complexity index is 1920. The number of anilines is 1. The van der Waals surface area contributed by atoms with Crippen LogP contribution in [0.1, 0.15) is 0 Å². The molecule has 39 heavy (non-hydrogen) atoms. The molecule has 0 radical (unpaired) electrons. The van der Waals surface area contributed by atoms with Gasteiger partial charge in [0.05, 0.1) is 10.0 Å². The number of halogens is 2. The highest BCUT2D eigenvalue weighted by molar-refractivity contribution is 7.89. The molecule has 6 rings (SSSR count). The predicted octanol–water partition coefficient (Wildman–Crippen LogP) is 3.34. The average Bonchev–Trinajstić information content (AvgIpc) is 3.61. The number of hydrogen-bond acceptors (Lipinski definition) is 12. The van der Waals surface area contributed by atoms with Crippen molar-refractivity contribution in [3.63, 3.8) is 0 Å². The molecule has 0 N–H and O–H groups in total. The second-order valence-corrected chi connectivity index (χ2v) is 12.7. The summed E-state index contributed by atoms with van der Waals surface area (Å²) >= 11 is 12.1. The van der Waals surface area contributed by atoms with E-state index < -0.39 is 20.1 Å². The lowest BCUT2D eigenvalue weighted by Crippen LogP contribution is -2.48. The number of piperazine rings is 1. The molecule has 0 bridgehead atoms. The van der Waals surface area contributed by atoms with Crippen molar-refractivity contribution >= 4 is 71.1 Å². The first-order chi connectivity index (χ1) is 18.6. The molecule has 1 saturated heterocycles. The number of nitrogens with zero attached hydrogens (tertiary/aromatic N) is 6. The van der Waals surface area contributed by atoms with Crippen LogP contribution < -0.4 is 9.08 Å². The summed E-state index contributed by atoms with van der Waals surface area (Å²) in [5.74, 6) is 0.0764. The third-order valence-electron chi connectivity index (χ3n) is 6.19. The summed E-state index contributed by atoms with van der Waals surface area (Å²) in [6.45, 7) is 1.21. The molecule has 0 spiro atoms. The van der Waals surface area contributed by atoms with Crippen LogP contribution in [0.2, 0.25) is 10.0 Å². The lowest BCUT2D eigenvalue weighted by Gasteiger charge is -2.35. The van der Waals surface area contributed by atoms with E-state index in [1.165, 1.54) is 40.7 Å². The summed E-state index contributed by atoms with van der Waals surface area (Å²) in [6, 6.07) is 11.8. The molecule has 3 aromatic carbocycles. The van der Waals surface area contributed by atoms with E-state index in [1.807, 2.05) is 4.90 Å². The van der Waals surface area contributed by atoms with Gasteiger partial charge in [-0.05, 0) is 69.2 Å². The van der Waals surface area contributed by atoms with Crippen molar-refractivity contribution in [3.05, 3.63) is 58.6 Å². The van der Waals surface area contributed by atoms with E-state index in [-0.39, 0.29) is 60.7 Å². The van der Waals surface area contributed by atoms with E-state index >= 15 is 0 Å². The van der Waals surface area contributed by atoms with Crippen molar-refractivity contribution in [3.8, 4) is 5.75 Å². The summed E-state index contributed by atoms with van der Waals surface area (Å²) < 4.78 is 68.3. The molecule has 1 aliphatic heterocycles. The van der Waals surface area contributed by atoms with Crippen LogP contribution in [0.3, 0.4) is 0 Å². The fourth-order valence-electron chi connectivity index (χ4n) is 4.25. The van der Waals surface area contributed by atoms with Gasteiger partial charge in [0.15, 0.2) is 22.1 Å².